The first-order valence-corrected chi connectivity index (χ1v) is 6.36. The van der Waals surface area contributed by atoms with Crippen molar-refractivity contribution in [1.29, 1.82) is 0 Å². The smallest absolute Gasteiger partial charge is 0.305 e. The van der Waals surface area contributed by atoms with Crippen LogP contribution in [-0.2, 0) is 4.79 Å². The SMILES string of the molecule is C=CCN(C(C=C)CC(=O)O)C(C)c1ccccc1. The Kier molecular flexibility index (Phi) is 6.03. The fourth-order valence-corrected chi connectivity index (χ4v) is 2.17. The summed E-state index contributed by atoms with van der Waals surface area (Å²) in [5, 5.41) is 8.98. The third-order valence-electron chi connectivity index (χ3n) is 3.20. The highest BCUT2D eigenvalue weighted by Gasteiger charge is 2.23. The van der Waals surface area contributed by atoms with Crippen LogP contribution < -0.4 is 0 Å². The molecule has 0 aliphatic rings. The van der Waals surface area contributed by atoms with Crippen molar-refractivity contribution in [2.75, 3.05) is 6.54 Å². The van der Waals surface area contributed by atoms with Gasteiger partial charge in [0.05, 0.1) is 6.42 Å². The molecule has 3 nitrogen and oxygen atoms in total. The lowest BCUT2D eigenvalue weighted by Crippen LogP contribution is -2.37. The minimum atomic E-state index is -0.820. The Morgan fingerprint density at radius 2 is 2.00 bits per heavy atom. The van der Waals surface area contributed by atoms with Crippen LogP contribution in [0, 0.1) is 0 Å². The van der Waals surface area contributed by atoms with Crippen LogP contribution in [0.25, 0.3) is 0 Å². The van der Waals surface area contributed by atoms with Gasteiger partial charge in [0, 0.05) is 18.6 Å². The largest absolute Gasteiger partial charge is 0.481 e. The van der Waals surface area contributed by atoms with Gasteiger partial charge in [0.2, 0.25) is 0 Å². The van der Waals surface area contributed by atoms with E-state index in [1.807, 2.05) is 30.3 Å². The Labute approximate surface area is 114 Å². The van der Waals surface area contributed by atoms with Gasteiger partial charge in [-0.3, -0.25) is 9.69 Å². The minimum absolute atomic E-state index is 0.0501. The van der Waals surface area contributed by atoms with Crippen molar-refractivity contribution in [2.45, 2.75) is 25.4 Å². The highest BCUT2D eigenvalue weighted by atomic mass is 16.4. The van der Waals surface area contributed by atoms with Crippen LogP contribution in [0.3, 0.4) is 0 Å². The van der Waals surface area contributed by atoms with E-state index in [4.69, 9.17) is 5.11 Å². The van der Waals surface area contributed by atoms with E-state index in [0.717, 1.165) is 5.56 Å². The Morgan fingerprint density at radius 3 is 2.47 bits per heavy atom. The summed E-state index contributed by atoms with van der Waals surface area (Å²) in [4.78, 5) is 13.0. The molecule has 0 aliphatic heterocycles. The molecule has 3 heteroatoms. The molecule has 1 aromatic rings. The Balaban J connectivity index is 2.94. The average Bonchev–Trinajstić information content (AvgIpc) is 2.42. The van der Waals surface area contributed by atoms with Gasteiger partial charge in [0.15, 0.2) is 0 Å². The minimum Gasteiger partial charge on any atom is -0.481 e. The number of nitrogens with zero attached hydrogens (tertiary/aromatic N) is 1. The standard InChI is InChI=1S/C16H21NO2/c1-4-11-17(15(5-2)12-16(18)19)13(3)14-9-7-6-8-10-14/h4-10,13,15H,1-2,11-12H2,3H3,(H,18,19). The predicted octanol–water partition coefficient (Wildman–Crippen LogP) is 3.26. The van der Waals surface area contributed by atoms with E-state index in [0.29, 0.717) is 6.54 Å². The van der Waals surface area contributed by atoms with Gasteiger partial charge in [0.1, 0.15) is 0 Å². The molecular formula is C16H21NO2. The van der Waals surface area contributed by atoms with Crippen molar-refractivity contribution in [3.05, 3.63) is 61.2 Å². The molecule has 0 heterocycles. The second kappa shape index (κ2) is 7.54. The van der Waals surface area contributed by atoms with Crippen molar-refractivity contribution >= 4 is 5.97 Å². The van der Waals surface area contributed by atoms with Gasteiger partial charge in [-0.2, -0.15) is 0 Å². The number of aliphatic carboxylic acids is 1. The van der Waals surface area contributed by atoms with E-state index >= 15 is 0 Å². The lowest BCUT2D eigenvalue weighted by Gasteiger charge is -2.33. The molecule has 0 spiro atoms. The van der Waals surface area contributed by atoms with Gasteiger partial charge in [0.25, 0.3) is 0 Å². The molecule has 0 bridgehead atoms. The van der Waals surface area contributed by atoms with Crippen LogP contribution in [0.15, 0.2) is 55.6 Å². The summed E-state index contributed by atoms with van der Waals surface area (Å²) in [6.45, 7) is 10.2. The van der Waals surface area contributed by atoms with Crippen molar-refractivity contribution in [1.82, 2.24) is 4.90 Å². The highest BCUT2D eigenvalue weighted by Crippen LogP contribution is 2.24. The molecule has 2 unspecified atom stereocenters. The Bertz CT molecular complexity index is 428. The first-order chi connectivity index (χ1) is 9.10. The lowest BCUT2D eigenvalue weighted by atomic mass is 10.0. The summed E-state index contributed by atoms with van der Waals surface area (Å²) in [7, 11) is 0. The van der Waals surface area contributed by atoms with Gasteiger partial charge in [-0.05, 0) is 12.5 Å². The van der Waals surface area contributed by atoms with Crippen LogP contribution in [0.2, 0.25) is 0 Å². The van der Waals surface area contributed by atoms with E-state index in [1.165, 1.54) is 0 Å². The average molecular weight is 259 g/mol. The lowest BCUT2D eigenvalue weighted by molar-refractivity contribution is -0.138. The van der Waals surface area contributed by atoms with E-state index in [-0.39, 0.29) is 18.5 Å². The van der Waals surface area contributed by atoms with E-state index in [9.17, 15) is 4.79 Å². The van der Waals surface area contributed by atoms with Gasteiger partial charge in [-0.1, -0.05) is 42.5 Å². The van der Waals surface area contributed by atoms with Crippen molar-refractivity contribution in [3.8, 4) is 0 Å². The Morgan fingerprint density at radius 1 is 1.37 bits per heavy atom. The first-order valence-electron chi connectivity index (χ1n) is 6.36. The molecule has 0 saturated carbocycles. The topological polar surface area (TPSA) is 40.5 Å². The molecular weight excluding hydrogens is 238 g/mol. The molecule has 0 radical (unpaired) electrons. The van der Waals surface area contributed by atoms with Gasteiger partial charge >= 0.3 is 5.97 Å². The zero-order valence-corrected chi connectivity index (χ0v) is 11.3. The van der Waals surface area contributed by atoms with Crippen molar-refractivity contribution < 1.29 is 9.90 Å². The molecule has 0 amide bonds. The summed E-state index contributed by atoms with van der Waals surface area (Å²) in [5.74, 6) is -0.820. The predicted molar refractivity (Wildman–Crippen MR) is 78.0 cm³/mol. The summed E-state index contributed by atoms with van der Waals surface area (Å²) in [6, 6.07) is 9.93. The van der Waals surface area contributed by atoms with Crippen molar-refractivity contribution in [2.24, 2.45) is 0 Å². The number of benzene rings is 1. The monoisotopic (exact) mass is 259 g/mol. The maximum atomic E-state index is 10.9. The molecule has 0 aliphatic carbocycles. The van der Waals surface area contributed by atoms with Crippen LogP contribution in [0.4, 0.5) is 0 Å². The number of rotatable bonds is 8. The highest BCUT2D eigenvalue weighted by molar-refractivity contribution is 5.67. The van der Waals surface area contributed by atoms with Gasteiger partial charge in [-0.25, -0.2) is 0 Å². The summed E-state index contributed by atoms with van der Waals surface area (Å²) in [6.07, 6.45) is 3.53. The van der Waals surface area contributed by atoms with Crippen LogP contribution >= 0.6 is 0 Å². The molecule has 1 rings (SSSR count). The second-order valence-electron chi connectivity index (χ2n) is 4.47. The van der Waals surface area contributed by atoms with Crippen molar-refractivity contribution in [3.63, 3.8) is 0 Å². The fraction of sp³-hybridized carbons (Fsp3) is 0.312. The quantitative estimate of drug-likeness (QED) is 0.728. The van der Waals surface area contributed by atoms with Crippen LogP contribution in [-0.4, -0.2) is 28.6 Å². The summed E-state index contributed by atoms with van der Waals surface area (Å²) in [5.41, 5.74) is 1.15. The maximum absolute atomic E-state index is 10.9. The normalized spacial score (nSPS) is 13.8. The van der Waals surface area contributed by atoms with Gasteiger partial charge < -0.3 is 5.11 Å². The van der Waals surface area contributed by atoms with E-state index in [2.05, 4.69) is 25.0 Å². The number of carboxylic acid groups (broad SMARTS) is 1. The molecule has 0 aromatic heterocycles. The van der Waals surface area contributed by atoms with Crippen LogP contribution in [0.1, 0.15) is 24.9 Å². The number of carbonyl (C=O) groups is 1. The summed E-state index contributed by atoms with van der Waals surface area (Å²) >= 11 is 0. The number of hydrogen-bond donors (Lipinski definition) is 1. The first kappa shape index (κ1) is 15.2. The third kappa shape index (κ3) is 4.38. The molecule has 2 atom stereocenters. The second-order valence-corrected chi connectivity index (χ2v) is 4.47. The zero-order valence-electron chi connectivity index (χ0n) is 11.3. The third-order valence-corrected chi connectivity index (χ3v) is 3.20. The Hall–Kier alpha value is -1.87. The molecule has 0 saturated heterocycles. The molecule has 1 aromatic carbocycles. The maximum Gasteiger partial charge on any atom is 0.305 e. The fourth-order valence-electron chi connectivity index (χ4n) is 2.17. The zero-order chi connectivity index (χ0) is 14.3. The molecule has 19 heavy (non-hydrogen) atoms. The molecule has 1 N–H and O–H groups in total. The van der Waals surface area contributed by atoms with Gasteiger partial charge in [-0.15, -0.1) is 13.2 Å². The number of carboxylic acids is 1. The summed E-state index contributed by atoms with van der Waals surface area (Å²) < 4.78 is 0. The van der Waals surface area contributed by atoms with E-state index < -0.39 is 5.97 Å². The molecule has 102 valence electrons. The number of hydrogen-bond acceptors (Lipinski definition) is 2. The molecule has 0 fully saturated rings. The van der Waals surface area contributed by atoms with E-state index in [1.54, 1.807) is 12.2 Å². The van der Waals surface area contributed by atoms with Crippen LogP contribution in [0.5, 0.6) is 0 Å².